The summed E-state index contributed by atoms with van der Waals surface area (Å²) in [7, 11) is 0. The fourth-order valence-corrected chi connectivity index (χ4v) is 3.68. The van der Waals surface area contributed by atoms with Crippen LogP contribution in [0.3, 0.4) is 0 Å². The van der Waals surface area contributed by atoms with Gasteiger partial charge in [-0.05, 0) is 31.6 Å². The third-order valence-electron chi connectivity index (χ3n) is 3.24. The molecule has 2 saturated heterocycles. The highest BCUT2D eigenvalue weighted by atomic mass is 32.2. The maximum absolute atomic E-state index is 10.4. The van der Waals surface area contributed by atoms with Crippen LogP contribution in [0.5, 0.6) is 0 Å². The first kappa shape index (κ1) is 8.85. The van der Waals surface area contributed by atoms with Gasteiger partial charge >= 0.3 is 0 Å². The molecule has 2 heterocycles. The Labute approximate surface area is 78.1 Å². The molecule has 3 heteroatoms. The summed E-state index contributed by atoms with van der Waals surface area (Å²) < 4.78 is 0. The van der Waals surface area contributed by atoms with Gasteiger partial charge in [0, 0.05) is 11.3 Å². The summed E-state index contributed by atoms with van der Waals surface area (Å²) in [4.78, 5) is 0. The fourth-order valence-electron chi connectivity index (χ4n) is 2.32. The predicted octanol–water partition coefficient (Wildman–Crippen LogP) is 0.995. The number of rotatable bonds is 1. The normalized spacial score (nSPS) is 48.5. The first-order valence-corrected chi connectivity index (χ1v) is 5.86. The average molecular weight is 187 g/mol. The second kappa shape index (κ2) is 3.20. The third kappa shape index (κ3) is 1.28. The number of hydrogen-bond acceptors (Lipinski definition) is 3. The van der Waals surface area contributed by atoms with Crippen molar-refractivity contribution >= 4 is 11.8 Å². The van der Waals surface area contributed by atoms with Gasteiger partial charge in [0.05, 0.1) is 5.60 Å². The zero-order valence-electron chi connectivity index (χ0n) is 7.55. The molecule has 0 aromatic carbocycles. The minimum absolute atomic E-state index is 0.363. The Morgan fingerprint density at radius 1 is 1.58 bits per heavy atom. The van der Waals surface area contributed by atoms with E-state index in [1.165, 1.54) is 6.42 Å². The third-order valence-corrected chi connectivity index (χ3v) is 4.59. The van der Waals surface area contributed by atoms with Gasteiger partial charge in [0.25, 0.3) is 0 Å². The van der Waals surface area contributed by atoms with E-state index in [0.717, 1.165) is 25.1 Å². The molecule has 3 unspecified atom stereocenters. The van der Waals surface area contributed by atoms with Crippen molar-refractivity contribution in [3.8, 4) is 0 Å². The van der Waals surface area contributed by atoms with Crippen LogP contribution in [-0.2, 0) is 0 Å². The van der Waals surface area contributed by atoms with Crippen molar-refractivity contribution in [2.45, 2.75) is 43.1 Å². The van der Waals surface area contributed by atoms with Gasteiger partial charge in [0.15, 0.2) is 0 Å². The van der Waals surface area contributed by atoms with Crippen LogP contribution < -0.4 is 5.32 Å². The maximum Gasteiger partial charge on any atom is 0.0922 e. The molecule has 2 aliphatic rings. The first-order chi connectivity index (χ1) is 5.73. The molecule has 3 atom stereocenters. The summed E-state index contributed by atoms with van der Waals surface area (Å²) in [6, 6.07) is 0.363. The van der Waals surface area contributed by atoms with Gasteiger partial charge in [-0.15, -0.1) is 0 Å². The van der Waals surface area contributed by atoms with Crippen LogP contribution in [0.15, 0.2) is 0 Å². The van der Waals surface area contributed by atoms with Crippen molar-refractivity contribution in [2.75, 3.05) is 12.3 Å². The summed E-state index contributed by atoms with van der Waals surface area (Å²) in [5, 5.41) is 14.2. The number of thioether (sulfide) groups is 1. The summed E-state index contributed by atoms with van der Waals surface area (Å²) in [6.07, 6.45) is 3.35. The Balaban J connectivity index is 2.07. The van der Waals surface area contributed by atoms with Crippen molar-refractivity contribution in [1.82, 2.24) is 5.32 Å². The highest BCUT2D eigenvalue weighted by Gasteiger charge is 2.46. The van der Waals surface area contributed by atoms with Crippen LogP contribution in [0.4, 0.5) is 0 Å². The van der Waals surface area contributed by atoms with Gasteiger partial charge in [0.2, 0.25) is 0 Å². The van der Waals surface area contributed by atoms with E-state index in [9.17, 15) is 5.11 Å². The molecule has 0 spiro atoms. The van der Waals surface area contributed by atoms with Crippen LogP contribution in [-0.4, -0.2) is 34.3 Å². The zero-order chi connectivity index (χ0) is 8.60. The Hall–Kier alpha value is 0.270. The summed E-state index contributed by atoms with van der Waals surface area (Å²) >= 11 is 1.90. The Morgan fingerprint density at radius 3 is 2.92 bits per heavy atom. The lowest BCUT2D eigenvalue weighted by Crippen LogP contribution is -2.51. The first-order valence-electron chi connectivity index (χ1n) is 4.81. The smallest absolute Gasteiger partial charge is 0.0922 e. The van der Waals surface area contributed by atoms with Crippen LogP contribution in [0, 0.1) is 0 Å². The largest absolute Gasteiger partial charge is 0.387 e. The molecule has 2 rings (SSSR count). The van der Waals surface area contributed by atoms with Gasteiger partial charge in [-0.2, -0.15) is 11.8 Å². The topological polar surface area (TPSA) is 32.3 Å². The van der Waals surface area contributed by atoms with Crippen LogP contribution in [0.2, 0.25) is 0 Å². The van der Waals surface area contributed by atoms with Crippen LogP contribution >= 0.6 is 11.8 Å². The molecule has 2 fully saturated rings. The molecule has 12 heavy (non-hydrogen) atoms. The van der Waals surface area contributed by atoms with Crippen molar-refractivity contribution in [3.63, 3.8) is 0 Å². The average Bonchev–Trinajstić information content (AvgIpc) is 2.62. The zero-order valence-corrected chi connectivity index (χ0v) is 8.36. The highest BCUT2D eigenvalue weighted by molar-refractivity contribution is 8.00. The molecule has 70 valence electrons. The van der Waals surface area contributed by atoms with Gasteiger partial charge in [-0.25, -0.2) is 0 Å². The minimum atomic E-state index is -0.416. The van der Waals surface area contributed by atoms with Gasteiger partial charge in [-0.1, -0.05) is 6.92 Å². The minimum Gasteiger partial charge on any atom is -0.387 e. The van der Waals surface area contributed by atoms with Crippen molar-refractivity contribution in [2.24, 2.45) is 0 Å². The Morgan fingerprint density at radius 2 is 2.42 bits per heavy atom. The lowest BCUT2D eigenvalue weighted by molar-refractivity contribution is 0.0130. The molecule has 2 N–H and O–H groups in total. The molecule has 0 aromatic heterocycles. The predicted molar refractivity (Wildman–Crippen MR) is 52.5 cm³/mol. The molecule has 0 amide bonds. The van der Waals surface area contributed by atoms with E-state index in [0.29, 0.717) is 11.3 Å². The van der Waals surface area contributed by atoms with Crippen molar-refractivity contribution < 1.29 is 5.11 Å². The monoisotopic (exact) mass is 187 g/mol. The maximum atomic E-state index is 10.4. The SMILES string of the molecule is CC1SCCC1(O)C1CCCN1. The second-order valence-electron chi connectivity index (χ2n) is 3.90. The van der Waals surface area contributed by atoms with Crippen molar-refractivity contribution in [3.05, 3.63) is 0 Å². The number of aliphatic hydroxyl groups is 1. The Kier molecular flexibility index (Phi) is 2.36. The molecule has 0 radical (unpaired) electrons. The molecule has 2 nitrogen and oxygen atoms in total. The summed E-state index contributed by atoms with van der Waals surface area (Å²) in [6.45, 7) is 3.24. The Bertz CT molecular complexity index is 170. The lowest BCUT2D eigenvalue weighted by atomic mass is 9.87. The number of hydrogen-bond donors (Lipinski definition) is 2. The van der Waals surface area contributed by atoms with E-state index in [2.05, 4.69) is 12.2 Å². The summed E-state index contributed by atoms with van der Waals surface area (Å²) in [5.41, 5.74) is -0.416. The highest BCUT2D eigenvalue weighted by Crippen LogP contribution is 2.39. The van der Waals surface area contributed by atoms with E-state index < -0.39 is 5.60 Å². The van der Waals surface area contributed by atoms with E-state index in [1.54, 1.807) is 0 Å². The molecule has 2 aliphatic heterocycles. The molecule has 0 aromatic rings. The fraction of sp³-hybridized carbons (Fsp3) is 1.00. The second-order valence-corrected chi connectivity index (χ2v) is 5.35. The van der Waals surface area contributed by atoms with Crippen LogP contribution in [0.1, 0.15) is 26.2 Å². The number of nitrogens with one attached hydrogen (secondary N) is 1. The molecular formula is C9H17NOS. The van der Waals surface area contributed by atoms with Gasteiger partial charge in [0.1, 0.15) is 0 Å². The summed E-state index contributed by atoms with van der Waals surface area (Å²) in [5.74, 6) is 1.12. The molecule has 0 aliphatic carbocycles. The quantitative estimate of drug-likeness (QED) is 0.642. The van der Waals surface area contributed by atoms with E-state index in [1.807, 2.05) is 11.8 Å². The van der Waals surface area contributed by atoms with E-state index in [-0.39, 0.29) is 0 Å². The molecule has 0 saturated carbocycles. The standard InChI is InChI=1S/C9H17NOS/c1-7-9(11,4-6-12-7)8-3-2-5-10-8/h7-8,10-11H,2-6H2,1H3. The lowest BCUT2D eigenvalue weighted by Gasteiger charge is -2.33. The van der Waals surface area contributed by atoms with Gasteiger partial charge in [-0.3, -0.25) is 0 Å². The van der Waals surface area contributed by atoms with E-state index >= 15 is 0 Å². The van der Waals surface area contributed by atoms with Gasteiger partial charge < -0.3 is 10.4 Å². The van der Waals surface area contributed by atoms with E-state index in [4.69, 9.17) is 0 Å². The molecule has 0 bridgehead atoms. The molecular weight excluding hydrogens is 170 g/mol. The van der Waals surface area contributed by atoms with Crippen molar-refractivity contribution in [1.29, 1.82) is 0 Å². The van der Waals surface area contributed by atoms with Crippen LogP contribution in [0.25, 0.3) is 0 Å².